The fraction of sp³-hybridized carbons (Fsp3) is 0.389. The van der Waals surface area contributed by atoms with Gasteiger partial charge in [0.15, 0.2) is 5.58 Å². The van der Waals surface area contributed by atoms with Gasteiger partial charge in [-0.2, -0.15) is 0 Å². The second-order valence-corrected chi connectivity index (χ2v) is 6.86. The molecule has 130 valence electrons. The van der Waals surface area contributed by atoms with Gasteiger partial charge < -0.3 is 13.8 Å². The van der Waals surface area contributed by atoms with Gasteiger partial charge in [0.05, 0.1) is 21.6 Å². The Morgan fingerprint density at radius 2 is 2.20 bits per heavy atom. The van der Waals surface area contributed by atoms with E-state index in [1.54, 1.807) is 17.6 Å². The Labute approximate surface area is 148 Å². The normalized spacial score (nSPS) is 20.9. The van der Waals surface area contributed by atoms with Gasteiger partial charge in [-0.1, -0.05) is 22.8 Å². The first-order valence-corrected chi connectivity index (χ1v) is 8.67. The number of carbonyl (C=O) groups is 1. The maximum absolute atomic E-state index is 13.2. The van der Waals surface area contributed by atoms with Crippen molar-refractivity contribution in [2.24, 2.45) is 0 Å². The van der Waals surface area contributed by atoms with Crippen molar-refractivity contribution >= 4 is 39.9 Å². The molecule has 6 nitrogen and oxygen atoms in total. The summed E-state index contributed by atoms with van der Waals surface area (Å²) in [6.07, 6.45) is 2.98. The second-order valence-electron chi connectivity index (χ2n) is 6.46. The highest BCUT2D eigenvalue weighted by Crippen LogP contribution is 2.36. The molecule has 0 spiro atoms. The first-order chi connectivity index (χ1) is 12.1. The zero-order valence-corrected chi connectivity index (χ0v) is 14.5. The van der Waals surface area contributed by atoms with Crippen molar-refractivity contribution in [3.63, 3.8) is 0 Å². The summed E-state index contributed by atoms with van der Waals surface area (Å²) in [6, 6.07) is 5.39. The number of ether oxygens (including phenoxy) is 1. The van der Waals surface area contributed by atoms with E-state index in [9.17, 15) is 9.59 Å². The number of hydrogen-bond donors (Lipinski definition) is 0. The standard InChI is InChI=1S/C18H17ClN2O4/c1-10-15-17(25-20-10)16-13(19)6-3-7-14(16)21(18(15)23)11-4-2-5-12(8-11)24-9-22/h3,6-7,9,11-12H,2,4-5,8H2,1H3/t11-,12+/m0/s1. The van der Waals surface area contributed by atoms with Crippen LogP contribution >= 0.6 is 11.6 Å². The van der Waals surface area contributed by atoms with Crippen LogP contribution in [0.5, 0.6) is 0 Å². The highest BCUT2D eigenvalue weighted by molar-refractivity contribution is 6.37. The van der Waals surface area contributed by atoms with Crippen LogP contribution in [-0.2, 0) is 9.53 Å². The first kappa shape index (κ1) is 16.1. The number of aryl methyl sites for hydroxylation is 1. The van der Waals surface area contributed by atoms with E-state index in [2.05, 4.69) is 5.16 Å². The number of pyridine rings is 1. The highest BCUT2D eigenvalue weighted by atomic mass is 35.5. The lowest BCUT2D eigenvalue weighted by atomic mass is 9.92. The van der Waals surface area contributed by atoms with Gasteiger partial charge >= 0.3 is 0 Å². The number of hydrogen-bond acceptors (Lipinski definition) is 5. The van der Waals surface area contributed by atoms with Crippen LogP contribution in [0.4, 0.5) is 0 Å². The number of fused-ring (bicyclic) bond motifs is 3. The van der Waals surface area contributed by atoms with Crippen molar-refractivity contribution in [2.45, 2.75) is 44.8 Å². The van der Waals surface area contributed by atoms with Gasteiger partial charge in [0, 0.05) is 12.5 Å². The quantitative estimate of drug-likeness (QED) is 0.665. The monoisotopic (exact) mass is 360 g/mol. The molecule has 4 rings (SSSR count). The minimum atomic E-state index is -0.170. The molecule has 0 radical (unpaired) electrons. The second kappa shape index (κ2) is 6.19. The Bertz CT molecular complexity index is 1020. The van der Waals surface area contributed by atoms with Gasteiger partial charge in [-0.05, 0) is 38.3 Å². The Hall–Kier alpha value is -2.34. The van der Waals surface area contributed by atoms with Crippen molar-refractivity contribution in [1.82, 2.24) is 9.72 Å². The lowest BCUT2D eigenvalue weighted by Crippen LogP contribution is -2.31. The molecular formula is C18H17ClN2O4. The van der Waals surface area contributed by atoms with Crippen LogP contribution in [0.15, 0.2) is 27.5 Å². The van der Waals surface area contributed by atoms with Crippen LogP contribution in [0, 0.1) is 6.92 Å². The van der Waals surface area contributed by atoms with Crippen LogP contribution in [-0.4, -0.2) is 22.3 Å². The molecule has 25 heavy (non-hydrogen) atoms. The third-order valence-electron chi connectivity index (χ3n) is 4.99. The van der Waals surface area contributed by atoms with E-state index in [0.717, 1.165) is 24.8 Å². The number of aromatic nitrogens is 2. The van der Waals surface area contributed by atoms with E-state index < -0.39 is 0 Å². The largest absolute Gasteiger partial charge is 0.465 e. The van der Waals surface area contributed by atoms with Gasteiger partial charge in [-0.3, -0.25) is 9.59 Å². The zero-order valence-electron chi connectivity index (χ0n) is 13.7. The summed E-state index contributed by atoms with van der Waals surface area (Å²) in [4.78, 5) is 23.9. The van der Waals surface area contributed by atoms with Crippen LogP contribution < -0.4 is 5.56 Å². The Balaban J connectivity index is 2.00. The number of nitrogens with zero attached hydrogens (tertiary/aromatic N) is 2. The summed E-state index contributed by atoms with van der Waals surface area (Å²) >= 11 is 6.41. The first-order valence-electron chi connectivity index (χ1n) is 8.29. The van der Waals surface area contributed by atoms with Crippen molar-refractivity contribution in [3.05, 3.63) is 39.3 Å². The molecule has 3 aromatic rings. The van der Waals surface area contributed by atoms with Gasteiger partial charge in [-0.15, -0.1) is 0 Å². The van der Waals surface area contributed by atoms with Gasteiger partial charge in [0.2, 0.25) is 0 Å². The molecule has 1 fully saturated rings. The third kappa shape index (κ3) is 2.52. The molecule has 0 aliphatic heterocycles. The molecule has 7 heteroatoms. The van der Waals surface area contributed by atoms with Crippen molar-refractivity contribution in [3.8, 4) is 0 Å². The molecule has 0 amide bonds. The molecule has 0 bridgehead atoms. The molecule has 0 N–H and O–H groups in total. The fourth-order valence-electron chi connectivity index (χ4n) is 3.88. The minimum Gasteiger partial charge on any atom is -0.465 e. The average molecular weight is 361 g/mol. The number of halogens is 1. The lowest BCUT2D eigenvalue weighted by molar-refractivity contribution is -0.135. The number of rotatable bonds is 3. The summed E-state index contributed by atoms with van der Waals surface area (Å²) in [5.74, 6) is 0. The predicted molar refractivity (Wildman–Crippen MR) is 94.0 cm³/mol. The Morgan fingerprint density at radius 3 is 3.00 bits per heavy atom. The predicted octanol–water partition coefficient (Wildman–Crippen LogP) is 3.76. The topological polar surface area (TPSA) is 74.3 Å². The third-order valence-corrected chi connectivity index (χ3v) is 5.30. The molecule has 2 aromatic heterocycles. The summed E-state index contributed by atoms with van der Waals surface area (Å²) < 4.78 is 12.3. The number of benzene rings is 1. The molecule has 1 aliphatic carbocycles. The molecule has 2 atom stereocenters. The maximum Gasteiger partial charge on any atom is 0.293 e. The van der Waals surface area contributed by atoms with E-state index in [0.29, 0.717) is 40.0 Å². The SMILES string of the molecule is Cc1noc2c1c(=O)n([C@H]1CCC[C@@H](OC=O)C1)c1cccc(Cl)c21. The molecule has 2 heterocycles. The fourth-order valence-corrected chi connectivity index (χ4v) is 4.14. The lowest BCUT2D eigenvalue weighted by Gasteiger charge is -2.30. The minimum absolute atomic E-state index is 0.0640. The smallest absolute Gasteiger partial charge is 0.293 e. The van der Waals surface area contributed by atoms with Gasteiger partial charge in [0.25, 0.3) is 12.0 Å². The van der Waals surface area contributed by atoms with E-state index in [1.165, 1.54) is 0 Å². The van der Waals surface area contributed by atoms with E-state index in [-0.39, 0.29) is 17.7 Å². The Kier molecular flexibility index (Phi) is 4.00. The van der Waals surface area contributed by atoms with Crippen molar-refractivity contribution in [1.29, 1.82) is 0 Å². The van der Waals surface area contributed by atoms with Crippen molar-refractivity contribution < 1.29 is 14.1 Å². The molecule has 0 unspecified atom stereocenters. The molecule has 1 saturated carbocycles. The zero-order chi connectivity index (χ0) is 17.6. The summed E-state index contributed by atoms with van der Waals surface area (Å²) in [7, 11) is 0. The van der Waals surface area contributed by atoms with Crippen LogP contribution in [0.2, 0.25) is 5.02 Å². The van der Waals surface area contributed by atoms with Crippen molar-refractivity contribution in [2.75, 3.05) is 0 Å². The molecular weight excluding hydrogens is 344 g/mol. The number of carbonyl (C=O) groups excluding carboxylic acids is 1. The van der Waals surface area contributed by atoms with E-state index in [1.807, 2.05) is 12.1 Å². The van der Waals surface area contributed by atoms with E-state index in [4.69, 9.17) is 20.9 Å². The van der Waals surface area contributed by atoms with Crippen LogP contribution in [0.3, 0.4) is 0 Å². The van der Waals surface area contributed by atoms with Crippen LogP contribution in [0.1, 0.15) is 37.4 Å². The van der Waals surface area contributed by atoms with Gasteiger partial charge in [-0.25, -0.2) is 0 Å². The Morgan fingerprint density at radius 1 is 1.36 bits per heavy atom. The van der Waals surface area contributed by atoms with Crippen LogP contribution in [0.25, 0.3) is 21.9 Å². The summed E-state index contributed by atoms with van der Waals surface area (Å²) in [5.41, 5.74) is 1.56. The van der Waals surface area contributed by atoms with Gasteiger partial charge in [0.1, 0.15) is 11.5 Å². The van der Waals surface area contributed by atoms with E-state index >= 15 is 0 Å². The molecule has 1 aliphatic rings. The average Bonchev–Trinajstić information content (AvgIpc) is 2.98. The highest BCUT2D eigenvalue weighted by Gasteiger charge is 2.28. The summed E-state index contributed by atoms with van der Waals surface area (Å²) in [5, 5.41) is 5.63. The molecule has 1 aromatic carbocycles. The maximum atomic E-state index is 13.2. The molecule has 0 saturated heterocycles. The summed E-state index contributed by atoms with van der Waals surface area (Å²) in [6.45, 7) is 2.23.